The summed E-state index contributed by atoms with van der Waals surface area (Å²) in [7, 11) is 0. The van der Waals surface area contributed by atoms with Crippen LogP contribution in [0.1, 0.15) is 11.1 Å². The summed E-state index contributed by atoms with van der Waals surface area (Å²) in [5, 5.41) is 6.26. The SMILES string of the molecule is Cc1cc(NC(=O)CN2CCNCC2)cc(C)c1Br. The Morgan fingerprint density at radius 2 is 1.89 bits per heavy atom. The van der Waals surface area contributed by atoms with E-state index in [1.165, 1.54) is 0 Å². The number of halogens is 1. The van der Waals surface area contributed by atoms with Gasteiger partial charge in [0.05, 0.1) is 6.54 Å². The van der Waals surface area contributed by atoms with Crippen LogP contribution < -0.4 is 10.6 Å². The number of piperazine rings is 1. The van der Waals surface area contributed by atoms with Gasteiger partial charge in [0, 0.05) is 36.3 Å². The molecule has 1 aromatic carbocycles. The highest BCUT2D eigenvalue weighted by Crippen LogP contribution is 2.24. The number of hydrogen-bond donors (Lipinski definition) is 2. The fraction of sp³-hybridized carbons (Fsp3) is 0.500. The van der Waals surface area contributed by atoms with Crippen LogP contribution in [0.4, 0.5) is 5.69 Å². The summed E-state index contributed by atoms with van der Waals surface area (Å²) < 4.78 is 1.10. The molecule has 1 aliphatic rings. The van der Waals surface area contributed by atoms with Crippen LogP contribution >= 0.6 is 15.9 Å². The Bertz CT molecular complexity index is 447. The smallest absolute Gasteiger partial charge is 0.238 e. The summed E-state index contributed by atoms with van der Waals surface area (Å²) in [6.07, 6.45) is 0. The molecule has 2 N–H and O–H groups in total. The van der Waals surface area contributed by atoms with Crippen LogP contribution in [-0.2, 0) is 4.79 Å². The quantitative estimate of drug-likeness (QED) is 0.892. The molecule has 2 rings (SSSR count). The van der Waals surface area contributed by atoms with Crippen LogP contribution in [0.2, 0.25) is 0 Å². The number of carbonyl (C=O) groups excluding carboxylic acids is 1. The molecule has 1 aliphatic heterocycles. The second-order valence-corrected chi connectivity index (χ2v) is 5.79. The third kappa shape index (κ3) is 4.03. The average Bonchev–Trinajstić information content (AvgIpc) is 2.37. The molecule has 0 aliphatic carbocycles. The fourth-order valence-electron chi connectivity index (χ4n) is 2.29. The largest absolute Gasteiger partial charge is 0.325 e. The molecule has 19 heavy (non-hydrogen) atoms. The summed E-state index contributed by atoms with van der Waals surface area (Å²) in [4.78, 5) is 14.2. The third-order valence-electron chi connectivity index (χ3n) is 3.30. The number of nitrogens with zero attached hydrogens (tertiary/aromatic N) is 1. The molecule has 5 heteroatoms. The maximum absolute atomic E-state index is 12.0. The normalized spacial score (nSPS) is 16.4. The van der Waals surface area contributed by atoms with Gasteiger partial charge in [-0.1, -0.05) is 15.9 Å². The Labute approximate surface area is 122 Å². The van der Waals surface area contributed by atoms with Crippen molar-refractivity contribution in [1.29, 1.82) is 0 Å². The first-order chi connectivity index (χ1) is 9.06. The van der Waals surface area contributed by atoms with E-state index >= 15 is 0 Å². The minimum absolute atomic E-state index is 0.0584. The monoisotopic (exact) mass is 325 g/mol. The van der Waals surface area contributed by atoms with E-state index in [1.807, 2.05) is 26.0 Å². The van der Waals surface area contributed by atoms with Gasteiger partial charge in [0.25, 0.3) is 0 Å². The van der Waals surface area contributed by atoms with Crippen LogP contribution in [0.3, 0.4) is 0 Å². The molecule has 0 saturated carbocycles. The highest BCUT2D eigenvalue weighted by Gasteiger charge is 2.14. The Hall–Kier alpha value is -0.910. The molecule has 0 bridgehead atoms. The number of aryl methyl sites for hydroxylation is 2. The van der Waals surface area contributed by atoms with E-state index in [2.05, 4.69) is 31.5 Å². The molecule has 0 unspecified atom stereocenters. The van der Waals surface area contributed by atoms with E-state index in [-0.39, 0.29) is 5.91 Å². The number of amides is 1. The van der Waals surface area contributed by atoms with E-state index in [4.69, 9.17) is 0 Å². The third-order valence-corrected chi connectivity index (χ3v) is 4.55. The van der Waals surface area contributed by atoms with Crippen molar-refractivity contribution in [3.8, 4) is 0 Å². The molecule has 1 heterocycles. The maximum atomic E-state index is 12.0. The second-order valence-electron chi connectivity index (χ2n) is 5.00. The first-order valence-corrected chi connectivity index (χ1v) is 7.35. The van der Waals surface area contributed by atoms with Crippen LogP contribution in [0.5, 0.6) is 0 Å². The summed E-state index contributed by atoms with van der Waals surface area (Å²) in [5.41, 5.74) is 3.15. The Kier molecular flexibility index (Phi) is 4.96. The van der Waals surface area contributed by atoms with Crippen molar-refractivity contribution in [1.82, 2.24) is 10.2 Å². The summed E-state index contributed by atoms with van der Waals surface area (Å²) in [5.74, 6) is 0.0584. The lowest BCUT2D eigenvalue weighted by Crippen LogP contribution is -2.46. The molecular formula is C14H20BrN3O. The zero-order chi connectivity index (χ0) is 13.8. The molecule has 1 amide bonds. The predicted octanol–water partition coefficient (Wildman–Crippen LogP) is 1.91. The number of anilines is 1. The first kappa shape index (κ1) is 14.5. The number of benzene rings is 1. The lowest BCUT2D eigenvalue weighted by molar-refractivity contribution is -0.117. The van der Waals surface area contributed by atoms with Gasteiger partial charge in [0.2, 0.25) is 5.91 Å². The van der Waals surface area contributed by atoms with Crippen LogP contribution in [0.25, 0.3) is 0 Å². The number of rotatable bonds is 3. The predicted molar refractivity (Wildman–Crippen MR) is 81.6 cm³/mol. The summed E-state index contributed by atoms with van der Waals surface area (Å²) >= 11 is 3.53. The number of nitrogens with one attached hydrogen (secondary N) is 2. The standard InChI is InChI=1S/C14H20BrN3O/c1-10-7-12(8-11(2)14(10)15)17-13(19)9-18-5-3-16-4-6-18/h7-8,16H,3-6,9H2,1-2H3,(H,17,19). The molecule has 0 radical (unpaired) electrons. The van der Waals surface area contributed by atoms with Gasteiger partial charge in [-0.25, -0.2) is 0 Å². The van der Waals surface area contributed by atoms with Crippen molar-refractivity contribution in [3.05, 3.63) is 27.7 Å². The highest BCUT2D eigenvalue weighted by molar-refractivity contribution is 9.10. The second kappa shape index (κ2) is 6.50. The Morgan fingerprint density at radius 3 is 2.47 bits per heavy atom. The zero-order valence-electron chi connectivity index (χ0n) is 11.4. The number of hydrogen-bond acceptors (Lipinski definition) is 3. The van der Waals surface area contributed by atoms with Crippen molar-refractivity contribution < 1.29 is 4.79 Å². The van der Waals surface area contributed by atoms with Gasteiger partial charge in [-0.3, -0.25) is 9.69 Å². The Morgan fingerprint density at radius 1 is 1.32 bits per heavy atom. The summed E-state index contributed by atoms with van der Waals surface area (Å²) in [6, 6.07) is 3.99. The van der Waals surface area contributed by atoms with Crippen LogP contribution in [0, 0.1) is 13.8 Å². The minimum Gasteiger partial charge on any atom is -0.325 e. The minimum atomic E-state index is 0.0584. The zero-order valence-corrected chi connectivity index (χ0v) is 13.0. The van der Waals surface area contributed by atoms with Crippen LogP contribution in [-0.4, -0.2) is 43.5 Å². The van der Waals surface area contributed by atoms with Crippen LogP contribution in [0.15, 0.2) is 16.6 Å². The molecule has 104 valence electrons. The van der Waals surface area contributed by atoms with Crippen molar-refractivity contribution >= 4 is 27.5 Å². The lowest BCUT2D eigenvalue weighted by Gasteiger charge is -2.26. The first-order valence-electron chi connectivity index (χ1n) is 6.56. The molecule has 0 aromatic heterocycles. The van der Waals surface area contributed by atoms with Crippen molar-refractivity contribution in [2.75, 3.05) is 38.0 Å². The van der Waals surface area contributed by atoms with E-state index < -0.39 is 0 Å². The molecule has 0 atom stereocenters. The topological polar surface area (TPSA) is 44.4 Å². The summed E-state index contributed by atoms with van der Waals surface area (Å²) in [6.45, 7) is 8.33. The maximum Gasteiger partial charge on any atom is 0.238 e. The lowest BCUT2D eigenvalue weighted by atomic mass is 10.1. The molecule has 1 fully saturated rings. The molecule has 4 nitrogen and oxygen atoms in total. The van der Waals surface area contributed by atoms with E-state index in [1.54, 1.807) is 0 Å². The van der Waals surface area contributed by atoms with Gasteiger partial charge >= 0.3 is 0 Å². The van der Waals surface area contributed by atoms with Crippen molar-refractivity contribution in [2.45, 2.75) is 13.8 Å². The molecule has 1 saturated heterocycles. The van der Waals surface area contributed by atoms with Gasteiger partial charge in [-0.15, -0.1) is 0 Å². The fourth-order valence-corrected chi connectivity index (χ4v) is 2.52. The van der Waals surface area contributed by atoms with Gasteiger partial charge < -0.3 is 10.6 Å². The van der Waals surface area contributed by atoms with Crippen molar-refractivity contribution in [3.63, 3.8) is 0 Å². The average molecular weight is 326 g/mol. The molecular weight excluding hydrogens is 306 g/mol. The Balaban J connectivity index is 1.94. The van der Waals surface area contributed by atoms with E-state index in [0.717, 1.165) is 47.5 Å². The van der Waals surface area contributed by atoms with E-state index in [9.17, 15) is 4.79 Å². The molecule has 0 spiro atoms. The van der Waals surface area contributed by atoms with Crippen molar-refractivity contribution in [2.24, 2.45) is 0 Å². The highest BCUT2D eigenvalue weighted by atomic mass is 79.9. The van der Waals surface area contributed by atoms with E-state index in [0.29, 0.717) is 6.54 Å². The number of carbonyl (C=O) groups is 1. The van der Waals surface area contributed by atoms with Gasteiger partial charge in [-0.05, 0) is 37.1 Å². The molecule has 1 aromatic rings. The van der Waals surface area contributed by atoms with Gasteiger partial charge in [-0.2, -0.15) is 0 Å². The van der Waals surface area contributed by atoms with Gasteiger partial charge in [0.15, 0.2) is 0 Å². The van der Waals surface area contributed by atoms with Gasteiger partial charge in [0.1, 0.15) is 0 Å².